The van der Waals surface area contributed by atoms with Gasteiger partial charge in [-0.3, -0.25) is 0 Å². The third-order valence-electron chi connectivity index (χ3n) is 3.21. The Balaban J connectivity index is 1.98. The molecule has 3 rings (SSSR count). The van der Waals surface area contributed by atoms with Gasteiger partial charge in [0.2, 0.25) is 5.88 Å². The van der Waals surface area contributed by atoms with Gasteiger partial charge in [0.05, 0.1) is 0 Å². The number of nitrogens with zero attached hydrogens (tertiary/aromatic N) is 2. The van der Waals surface area contributed by atoms with Crippen LogP contribution < -0.4 is 10.5 Å². The lowest BCUT2D eigenvalue weighted by molar-refractivity contribution is 0.464. The topological polar surface area (TPSA) is 61.0 Å². The zero-order valence-corrected chi connectivity index (χ0v) is 11.9. The summed E-state index contributed by atoms with van der Waals surface area (Å²) in [6, 6.07) is 15.7. The first kappa shape index (κ1) is 13.4. The summed E-state index contributed by atoms with van der Waals surface area (Å²) in [7, 11) is 0. The van der Waals surface area contributed by atoms with E-state index in [9.17, 15) is 0 Å². The largest absolute Gasteiger partial charge is 0.438 e. The molecule has 1 aromatic heterocycles. The lowest BCUT2D eigenvalue weighted by Crippen LogP contribution is -2.01. The Kier molecular flexibility index (Phi) is 3.69. The average Bonchev–Trinajstić information content (AvgIpc) is 2.47. The molecule has 0 saturated carbocycles. The van der Waals surface area contributed by atoms with Crippen LogP contribution in [0, 0.1) is 0 Å². The van der Waals surface area contributed by atoms with Crippen molar-refractivity contribution in [1.82, 2.24) is 9.97 Å². The number of rotatable bonds is 4. The van der Waals surface area contributed by atoms with Crippen LogP contribution in [0.25, 0.3) is 10.8 Å². The van der Waals surface area contributed by atoms with Crippen LogP contribution >= 0.6 is 0 Å². The molecular weight excluding hydrogens is 262 g/mol. The minimum Gasteiger partial charge on any atom is -0.438 e. The van der Waals surface area contributed by atoms with Crippen molar-refractivity contribution >= 4 is 16.6 Å². The number of benzene rings is 2. The van der Waals surface area contributed by atoms with Crippen LogP contribution in [-0.4, -0.2) is 9.97 Å². The predicted octanol–water partition coefficient (Wildman–Crippen LogP) is 3.96. The Labute approximate surface area is 123 Å². The van der Waals surface area contributed by atoms with Crippen LogP contribution in [0.3, 0.4) is 0 Å². The van der Waals surface area contributed by atoms with Gasteiger partial charge >= 0.3 is 0 Å². The zero-order valence-electron chi connectivity index (χ0n) is 11.9. The molecule has 0 unspecified atom stereocenters. The summed E-state index contributed by atoms with van der Waals surface area (Å²) in [5.74, 6) is 2.41. The molecule has 0 saturated heterocycles. The van der Waals surface area contributed by atoms with E-state index in [-0.39, 0.29) is 0 Å². The Morgan fingerprint density at radius 2 is 1.86 bits per heavy atom. The molecule has 0 atom stereocenters. The highest BCUT2D eigenvalue weighted by molar-refractivity contribution is 5.88. The normalized spacial score (nSPS) is 10.7. The van der Waals surface area contributed by atoms with E-state index in [0.717, 1.165) is 29.4 Å². The maximum absolute atomic E-state index is 5.93. The van der Waals surface area contributed by atoms with Crippen LogP contribution in [0.5, 0.6) is 11.6 Å². The predicted molar refractivity (Wildman–Crippen MR) is 84.5 cm³/mol. The number of hydrogen-bond donors (Lipinski definition) is 1. The highest BCUT2D eigenvalue weighted by atomic mass is 16.5. The SMILES string of the molecule is CCCc1nc(N)cc(Oc2cccc3ccccc23)n1. The molecule has 0 bridgehead atoms. The summed E-state index contributed by atoms with van der Waals surface area (Å²) in [5.41, 5.74) is 5.82. The minimum atomic E-state index is 0.434. The monoisotopic (exact) mass is 279 g/mol. The standard InChI is InChI=1S/C17H17N3O/c1-2-6-16-19-15(18)11-17(20-16)21-14-10-5-8-12-7-3-4-9-13(12)14/h3-5,7-11H,2,6H2,1H3,(H2,18,19,20). The van der Waals surface area contributed by atoms with Crippen molar-refractivity contribution in [3.05, 3.63) is 54.4 Å². The number of fused-ring (bicyclic) bond motifs is 1. The second-order valence-corrected chi connectivity index (χ2v) is 4.88. The molecule has 106 valence electrons. The van der Waals surface area contributed by atoms with Crippen LogP contribution in [-0.2, 0) is 6.42 Å². The van der Waals surface area contributed by atoms with Crippen LogP contribution in [0.4, 0.5) is 5.82 Å². The lowest BCUT2D eigenvalue weighted by Gasteiger charge is -2.09. The minimum absolute atomic E-state index is 0.434. The van der Waals surface area contributed by atoms with Crippen molar-refractivity contribution < 1.29 is 4.74 Å². The van der Waals surface area contributed by atoms with Crippen molar-refractivity contribution in [1.29, 1.82) is 0 Å². The van der Waals surface area contributed by atoms with Crippen molar-refractivity contribution in [2.24, 2.45) is 0 Å². The molecule has 0 fully saturated rings. The first-order valence-electron chi connectivity index (χ1n) is 7.05. The first-order chi connectivity index (χ1) is 10.3. The lowest BCUT2D eigenvalue weighted by atomic mass is 10.1. The Morgan fingerprint density at radius 1 is 1.05 bits per heavy atom. The molecule has 2 N–H and O–H groups in total. The Bertz CT molecular complexity index is 766. The summed E-state index contributed by atoms with van der Waals surface area (Å²) in [6.07, 6.45) is 1.76. The van der Waals surface area contributed by atoms with Gasteiger partial charge in [-0.2, -0.15) is 4.98 Å². The van der Waals surface area contributed by atoms with Gasteiger partial charge in [-0.25, -0.2) is 4.98 Å². The first-order valence-corrected chi connectivity index (χ1v) is 7.05. The van der Waals surface area contributed by atoms with E-state index in [1.54, 1.807) is 6.07 Å². The van der Waals surface area contributed by atoms with Gasteiger partial charge in [-0.15, -0.1) is 0 Å². The second-order valence-electron chi connectivity index (χ2n) is 4.88. The maximum Gasteiger partial charge on any atom is 0.224 e. The zero-order chi connectivity index (χ0) is 14.7. The fourth-order valence-corrected chi connectivity index (χ4v) is 2.28. The van der Waals surface area contributed by atoms with E-state index < -0.39 is 0 Å². The Morgan fingerprint density at radius 3 is 2.71 bits per heavy atom. The van der Waals surface area contributed by atoms with Crippen molar-refractivity contribution in [2.75, 3.05) is 5.73 Å². The van der Waals surface area contributed by atoms with Gasteiger partial charge in [0.25, 0.3) is 0 Å². The van der Waals surface area contributed by atoms with Crippen LogP contribution in [0.15, 0.2) is 48.5 Å². The van der Waals surface area contributed by atoms with Gasteiger partial charge in [0, 0.05) is 17.9 Å². The number of aromatic nitrogens is 2. The third kappa shape index (κ3) is 2.94. The van der Waals surface area contributed by atoms with Gasteiger partial charge in [-0.05, 0) is 17.9 Å². The van der Waals surface area contributed by atoms with Crippen LogP contribution in [0.2, 0.25) is 0 Å². The number of nitrogens with two attached hydrogens (primary N) is 1. The second kappa shape index (κ2) is 5.79. The molecule has 0 aliphatic carbocycles. The van der Waals surface area contributed by atoms with E-state index in [0.29, 0.717) is 17.5 Å². The van der Waals surface area contributed by atoms with E-state index in [1.165, 1.54) is 0 Å². The molecule has 21 heavy (non-hydrogen) atoms. The molecule has 0 radical (unpaired) electrons. The van der Waals surface area contributed by atoms with Crippen molar-refractivity contribution in [3.8, 4) is 11.6 Å². The third-order valence-corrected chi connectivity index (χ3v) is 3.21. The van der Waals surface area contributed by atoms with E-state index in [4.69, 9.17) is 10.5 Å². The maximum atomic E-state index is 5.93. The van der Waals surface area contributed by atoms with Crippen molar-refractivity contribution in [3.63, 3.8) is 0 Å². The summed E-state index contributed by atoms with van der Waals surface area (Å²) < 4.78 is 5.93. The smallest absolute Gasteiger partial charge is 0.224 e. The van der Waals surface area contributed by atoms with Gasteiger partial charge in [-0.1, -0.05) is 43.3 Å². The molecule has 0 amide bonds. The summed E-state index contributed by atoms with van der Waals surface area (Å²) in [6.45, 7) is 2.08. The fourth-order valence-electron chi connectivity index (χ4n) is 2.28. The van der Waals surface area contributed by atoms with Crippen LogP contribution in [0.1, 0.15) is 19.2 Å². The summed E-state index contributed by atoms with van der Waals surface area (Å²) in [4.78, 5) is 8.63. The number of anilines is 1. The van der Waals surface area contributed by atoms with E-state index in [1.807, 2.05) is 30.3 Å². The molecule has 0 spiro atoms. The van der Waals surface area contributed by atoms with E-state index in [2.05, 4.69) is 29.0 Å². The Hall–Kier alpha value is -2.62. The number of aryl methyl sites for hydroxylation is 1. The summed E-state index contributed by atoms with van der Waals surface area (Å²) in [5, 5.41) is 2.18. The molecule has 4 heteroatoms. The highest BCUT2D eigenvalue weighted by Gasteiger charge is 2.07. The number of ether oxygens (including phenoxy) is 1. The fraction of sp³-hybridized carbons (Fsp3) is 0.176. The molecule has 3 aromatic rings. The van der Waals surface area contributed by atoms with E-state index >= 15 is 0 Å². The molecule has 0 aliphatic heterocycles. The molecule has 1 heterocycles. The van der Waals surface area contributed by atoms with Gasteiger partial charge in [0.15, 0.2) is 0 Å². The molecular formula is C17H17N3O. The molecule has 4 nitrogen and oxygen atoms in total. The quantitative estimate of drug-likeness (QED) is 0.785. The summed E-state index contributed by atoms with van der Waals surface area (Å²) >= 11 is 0. The number of hydrogen-bond acceptors (Lipinski definition) is 4. The average molecular weight is 279 g/mol. The van der Waals surface area contributed by atoms with Gasteiger partial charge < -0.3 is 10.5 Å². The molecule has 0 aliphatic rings. The number of nitrogen functional groups attached to an aromatic ring is 1. The van der Waals surface area contributed by atoms with Gasteiger partial charge in [0.1, 0.15) is 17.4 Å². The van der Waals surface area contributed by atoms with Crippen molar-refractivity contribution in [2.45, 2.75) is 19.8 Å². The highest BCUT2D eigenvalue weighted by Crippen LogP contribution is 2.29. The molecule has 2 aromatic carbocycles.